The number of benzene rings is 1. The maximum atomic E-state index is 12.7. The first kappa shape index (κ1) is 21.1. The van der Waals surface area contributed by atoms with Gasteiger partial charge in [0.15, 0.2) is 0 Å². The van der Waals surface area contributed by atoms with Crippen LogP contribution in [0.2, 0.25) is 5.02 Å². The molecule has 0 radical (unpaired) electrons. The molecular weight excluding hydrogens is 380 g/mol. The van der Waals surface area contributed by atoms with Crippen LogP contribution in [0, 0.1) is 11.3 Å². The van der Waals surface area contributed by atoms with E-state index >= 15 is 0 Å². The van der Waals surface area contributed by atoms with Crippen LogP contribution >= 0.6 is 23.4 Å². The maximum absolute atomic E-state index is 12.7. The van der Waals surface area contributed by atoms with Crippen molar-refractivity contribution in [1.29, 1.82) is 5.26 Å². The first-order valence-electron chi connectivity index (χ1n) is 8.82. The molecular formula is C21H23ClN2O2S. The predicted octanol–water partition coefficient (Wildman–Crippen LogP) is 5.30. The number of esters is 1. The number of thioether (sulfide) groups is 1. The van der Waals surface area contributed by atoms with E-state index in [1.54, 1.807) is 17.8 Å². The van der Waals surface area contributed by atoms with E-state index in [1.807, 2.05) is 25.1 Å². The summed E-state index contributed by atoms with van der Waals surface area (Å²) in [4.78, 5) is 12.7. The predicted molar refractivity (Wildman–Crippen MR) is 111 cm³/mol. The van der Waals surface area contributed by atoms with Crippen LogP contribution in [0.5, 0.6) is 0 Å². The van der Waals surface area contributed by atoms with Crippen LogP contribution in [-0.2, 0) is 9.53 Å². The van der Waals surface area contributed by atoms with Crippen molar-refractivity contribution in [3.63, 3.8) is 0 Å². The summed E-state index contributed by atoms with van der Waals surface area (Å²) < 4.78 is 5.28. The summed E-state index contributed by atoms with van der Waals surface area (Å²) in [6, 6.07) is 9.58. The Labute approximate surface area is 169 Å². The average Bonchev–Trinajstić information content (AvgIpc) is 2.66. The van der Waals surface area contributed by atoms with Crippen molar-refractivity contribution in [3.05, 3.63) is 69.4 Å². The first-order valence-corrected chi connectivity index (χ1v) is 10.2. The fraction of sp³-hybridized carbons (Fsp3) is 0.333. The van der Waals surface area contributed by atoms with Crippen molar-refractivity contribution < 1.29 is 9.53 Å². The van der Waals surface area contributed by atoms with E-state index in [1.165, 1.54) is 6.08 Å². The minimum Gasteiger partial charge on any atom is -0.458 e. The summed E-state index contributed by atoms with van der Waals surface area (Å²) >= 11 is 8.02. The minimum atomic E-state index is -0.564. The van der Waals surface area contributed by atoms with E-state index in [9.17, 15) is 10.1 Å². The Morgan fingerprint density at radius 2 is 2.22 bits per heavy atom. The Morgan fingerprint density at radius 3 is 2.85 bits per heavy atom. The van der Waals surface area contributed by atoms with E-state index in [2.05, 4.69) is 24.9 Å². The zero-order chi connectivity index (χ0) is 19.8. The van der Waals surface area contributed by atoms with Crippen LogP contribution in [0.15, 0.2) is 58.8 Å². The lowest BCUT2D eigenvalue weighted by atomic mass is 9.82. The molecule has 142 valence electrons. The van der Waals surface area contributed by atoms with Crippen LogP contribution in [0.3, 0.4) is 0 Å². The van der Waals surface area contributed by atoms with Gasteiger partial charge in [-0.25, -0.2) is 4.79 Å². The zero-order valence-corrected chi connectivity index (χ0v) is 17.1. The Balaban J connectivity index is 2.55. The van der Waals surface area contributed by atoms with Gasteiger partial charge < -0.3 is 10.1 Å². The molecule has 1 atom stereocenters. The second-order valence-corrected chi connectivity index (χ2v) is 7.57. The van der Waals surface area contributed by atoms with Crippen molar-refractivity contribution >= 4 is 29.3 Å². The standard InChI is InChI=1S/C21H23ClN2O2S/c1-4-6-12-27-20-16(13-23)19(15-9-7-8-10-17(15)22)18(14(3)24-20)21(25)26-11-5-2/h5,7-10,19,24H,2,4,6,11-12H2,1,3H3/t19-/m1/s1. The molecule has 0 saturated heterocycles. The molecule has 1 heterocycles. The highest BCUT2D eigenvalue weighted by Gasteiger charge is 2.36. The molecule has 0 aliphatic carbocycles. The van der Waals surface area contributed by atoms with Crippen molar-refractivity contribution in [2.75, 3.05) is 12.4 Å². The minimum absolute atomic E-state index is 0.106. The number of nitriles is 1. The van der Waals surface area contributed by atoms with Crippen LogP contribution in [0.4, 0.5) is 0 Å². The highest BCUT2D eigenvalue weighted by Crippen LogP contribution is 2.43. The number of halogens is 1. The summed E-state index contributed by atoms with van der Waals surface area (Å²) in [6.45, 7) is 7.63. The van der Waals surface area contributed by atoms with Gasteiger partial charge >= 0.3 is 5.97 Å². The number of hydrogen-bond donors (Lipinski definition) is 1. The number of nitrogens with one attached hydrogen (secondary N) is 1. The Bertz CT molecular complexity index is 824. The van der Waals surface area contributed by atoms with Gasteiger partial charge in [-0.15, -0.1) is 11.8 Å². The van der Waals surface area contributed by atoms with Gasteiger partial charge in [-0.3, -0.25) is 0 Å². The molecule has 6 heteroatoms. The third-order valence-electron chi connectivity index (χ3n) is 4.16. The third-order valence-corrected chi connectivity index (χ3v) is 5.61. The van der Waals surface area contributed by atoms with E-state index in [0.717, 1.165) is 29.2 Å². The molecule has 1 N–H and O–H groups in total. The Kier molecular flexibility index (Phi) is 8.02. The van der Waals surface area contributed by atoms with Gasteiger partial charge in [0.05, 0.1) is 28.2 Å². The number of carbonyl (C=O) groups is 1. The van der Waals surface area contributed by atoms with Gasteiger partial charge in [0, 0.05) is 10.7 Å². The van der Waals surface area contributed by atoms with Crippen molar-refractivity contribution in [2.24, 2.45) is 0 Å². The molecule has 1 aromatic carbocycles. The molecule has 0 saturated carbocycles. The summed E-state index contributed by atoms with van der Waals surface area (Å²) in [5.41, 5.74) is 2.28. The SMILES string of the molecule is C=CCOC(=O)C1=C(C)NC(SCCCC)=C(C#N)[C@H]1c1ccccc1Cl. The summed E-state index contributed by atoms with van der Waals surface area (Å²) in [7, 11) is 0. The fourth-order valence-corrected chi connectivity index (χ4v) is 4.27. The molecule has 0 bridgehead atoms. The number of dihydropyridines is 1. The van der Waals surface area contributed by atoms with Gasteiger partial charge in [-0.2, -0.15) is 5.26 Å². The van der Waals surface area contributed by atoms with Crippen molar-refractivity contribution in [2.45, 2.75) is 32.6 Å². The van der Waals surface area contributed by atoms with E-state index < -0.39 is 11.9 Å². The number of ether oxygens (including phenoxy) is 1. The molecule has 2 rings (SSSR count). The van der Waals surface area contributed by atoms with Gasteiger partial charge in [0.25, 0.3) is 0 Å². The lowest BCUT2D eigenvalue weighted by Crippen LogP contribution is -2.29. The van der Waals surface area contributed by atoms with Gasteiger partial charge in [0.1, 0.15) is 6.61 Å². The number of carbonyl (C=O) groups excluding carboxylic acids is 1. The summed E-state index contributed by atoms with van der Waals surface area (Å²) in [5.74, 6) is -0.149. The zero-order valence-electron chi connectivity index (χ0n) is 15.5. The second kappa shape index (κ2) is 10.2. The van der Waals surface area contributed by atoms with Crippen LogP contribution in [-0.4, -0.2) is 18.3 Å². The number of unbranched alkanes of at least 4 members (excludes halogenated alkanes) is 1. The smallest absolute Gasteiger partial charge is 0.337 e. The Morgan fingerprint density at radius 1 is 1.48 bits per heavy atom. The first-order chi connectivity index (χ1) is 13.0. The lowest BCUT2D eigenvalue weighted by Gasteiger charge is -2.29. The van der Waals surface area contributed by atoms with Gasteiger partial charge in [0.2, 0.25) is 0 Å². The largest absolute Gasteiger partial charge is 0.458 e. The number of rotatable bonds is 8. The topological polar surface area (TPSA) is 62.1 Å². The van der Waals surface area contributed by atoms with Crippen molar-refractivity contribution in [1.82, 2.24) is 5.32 Å². The van der Waals surface area contributed by atoms with Crippen LogP contribution in [0.1, 0.15) is 38.2 Å². The molecule has 1 aliphatic heterocycles. The summed E-state index contributed by atoms with van der Waals surface area (Å²) in [5, 5.41) is 14.4. The molecule has 27 heavy (non-hydrogen) atoms. The molecule has 0 spiro atoms. The molecule has 0 aromatic heterocycles. The monoisotopic (exact) mass is 402 g/mol. The fourth-order valence-electron chi connectivity index (χ4n) is 2.85. The molecule has 0 unspecified atom stereocenters. The molecule has 0 fully saturated rings. The van der Waals surface area contributed by atoms with Crippen LogP contribution in [0.25, 0.3) is 0 Å². The maximum Gasteiger partial charge on any atom is 0.337 e. The Hall–Kier alpha value is -2.16. The third kappa shape index (κ3) is 4.97. The molecule has 1 aliphatic rings. The van der Waals surface area contributed by atoms with E-state index in [4.69, 9.17) is 16.3 Å². The lowest BCUT2D eigenvalue weighted by molar-refractivity contribution is -0.138. The van der Waals surface area contributed by atoms with Gasteiger partial charge in [-0.05, 0) is 30.7 Å². The number of allylic oxidation sites excluding steroid dienone is 2. The number of nitrogens with zero attached hydrogens (tertiary/aromatic N) is 1. The average molecular weight is 403 g/mol. The highest BCUT2D eigenvalue weighted by atomic mass is 35.5. The quantitative estimate of drug-likeness (QED) is 0.363. The number of hydrogen-bond acceptors (Lipinski definition) is 5. The van der Waals surface area contributed by atoms with Crippen LogP contribution < -0.4 is 5.32 Å². The molecule has 1 aromatic rings. The summed E-state index contributed by atoms with van der Waals surface area (Å²) in [6.07, 6.45) is 3.63. The molecule has 0 amide bonds. The van der Waals surface area contributed by atoms with Gasteiger partial charge in [-0.1, -0.05) is 55.8 Å². The molecule has 4 nitrogen and oxygen atoms in total. The van der Waals surface area contributed by atoms with E-state index in [-0.39, 0.29) is 6.61 Å². The van der Waals surface area contributed by atoms with E-state index in [0.29, 0.717) is 21.9 Å². The second-order valence-electron chi connectivity index (χ2n) is 6.06. The highest BCUT2D eigenvalue weighted by molar-refractivity contribution is 8.03. The normalized spacial score (nSPS) is 16.6. The van der Waals surface area contributed by atoms with Crippen molar-refractivity contribution in [3.8, 4) is 6.07 Å².